The second kappa shape index (κ2) is 6.45. The van der Waals surface area contributed by atoms with Gasteiger partial charge in [0.05, 0.1) is 12.7 Å². The van der Waals surface area contributed by atoms with Crippen molar-refractivity contribution in [2.45, 2.75) is 65.4 Å². The van der Waals surface area contributed by atoms with Crippen molar-refractivity contribution in [3.8, 4) is 5.75 Å². The van der Waals surface area contributed by atoms with E-state index in [4.69, 9.17) is 4.74 Å². The highest BCUT2D eigenvalue weighted by Gasteiger charge is 2.31. The van der Waals surface area contributed by atoms with Gasteiger partial charge in [0.15, 0.2) is 0 Å². The van der Waals surface area contributed by atoms with Gasteiger partial charge in [0.1, 0.15) is 5.75 Å². The summed E-state index contributed by atoms with van der Waals surface area (Å²) >= 11 is 0. The summed E-state index contributed by atoms with van der Waals surface area (Å²) in [7, 11) is 1.66. The summed E-state index contributed by atoms with van der Waals surface area (Å²) < 4.78 is 5.19. The molecule has 0 fully saturated rings. The zero-order valence-corrected chi connectivity index (χ0v) is 14.7. The van der Waals surface area contributed by atoms with Crippen LogP contribution in [0.2, 0.25) is 0 Å². The number of hydrogen-bond donors (Lipinski definition) is 1. The summed E-state index contributed by atoms with van der Waals surface area (Å²) in [4.78, 5) is 0. The first-order valence-electron chi connectivity index (χ1n) is 8.32. The molecule has 1 atom stereocenters. The van der Waals surface area contributed by atoms with E-state index in [9.17, 15) is 5.11 Å². The van der Waals surface area contributed by atoms with Crippen LogP contribution in [0.1, 0.15) is 65.4 Å². The third-order valence-electron chi connectivity index (χ3n) is 5.26. The fourth-order valence-corrected chi connectivity index (χ4v) is 3.69. The lowest BCUT2D eigenvalue weighted by molar-refractivity contribution is 0.0463. The summed E-state index contributed by atoms with van der Waals surface area (Å²) in [6, 6.07) is 7.76. The molecule has 0 saturated carbocycles. The Balaban J connectivity index is 2.11. The third-order valence-corrected chi connectivity index (χ3v) is 5.26. The zero-order chi connectivity index (χ0) is 16.4. The van der Waals surface area contributed by atoms with Crippen LogP contribution in [0.5, 0.6) is 5.75 Å². The largest absolute Gasteiger partial charge is 0.497 e. The second-order valence-electron chi connectivity index (χ2n) is 7.50. The monoisotopic (exact) mass is 302 g/mol. The molecule has 1 aromatic rings. The van der Waals surface area contributed by atoms with Gasteiger partial charge in [-0.15, -0.1) is 0 Å². The quantitative estimate of drug-likeness (QED) is 0.757. The van der Waals surface area contributed by atoms with E-state index < -0.39 is 5.60 Å². The van der Waals surface area contributed by atoms with Crippen molar-refractivity contribution in [2.75, 3.05) is 7.11 Å². The van der Waals surface area contributed by atoms with Gasteiger partial charge in [0.2, 0.25) is 0 Å². The minimum absolute atomic E-state index is 0.276. The van der Waals surface area contributed by atoms with E-state index in [0.717, 1.165) is 24.2 Å². The number of aliphatic hydroxyl groups is 1. The lowest BCUT2D eigenvalue weighted by Gasteiger charge is -2.36. The predicted molar refractivity (Wildman–Crippen MR) is 92.1 cm³/mol. The molecule has 0 amide bonds. The van der Waals surface area contributed by atoms with E-state index in [1.165, 1.54) is 24.8 Å². The number of allylic oxidation sites excluding steroid dienone is 2. The van der Waals surface area contributed by atoms with Crippen LogP contribution in [0.25, 0.3) is 0 Å². The SMILES string of the molecule is COc1ccc(C(C)(O)CCC2=C(C)CCCC2(C)C)cc1. The number of hydrogen-bond acceptors (Lipinski definition) is 2. The van der Waals surface area contributed by atoms with Gasteiger partial charge in [0.25, 0.3) is 0 Å². The van der Waals surface area contributed by atoms with Crippen molar-refractivity contribution >= 4 is 0 Å². The van der Waals surface area contributed by atoms with Crippen LogP contribution < -0.4 is 4.74 Å². The number of methoxy groups -OCH3 is 1. The van der Waals surface area contributed by atoms with Crippen LogP contribution in [0.15, 0.2) is 35.4 Å². The Hall–Kier alpha value is -1.28. The van der Waals surface area contributed by atoms with Crippen LogP contribution in [0.4, 0.5) is 0 Å². The molecule has 1 aliphatic carbocycles. The average molecular weight is 302 g/mol. The van der Waals surface area contributed by atoms with Gasteiger partial charge in [-0.1, -0.05) is 37.1 Å². The maximum absolute atomic E-state index is 10.9. The molecule has 122 valence electrons. The van der Waals surface area contributed by atoms with E-state index in [1.54, 1.807) is 12.7 Å². The van der Waals surface area contributed by atoms with Crippen LogP contribution in [0, 0.1) is 5.41 Å². The highest BCUT2D eigenvalue weighted by Crippen LogP contribution is 2.43. The van der Waals surface area contributed by atoms with Crippen molar-refractivity contribution < 1.29 is 9.84 Å². The summed E-state index contributed by atoms with van der Waals surface area (Å²) in [6.07, 6.45) is 5.48. The Morgan fingerprint density at radius 3 is 2.41 bits per heavy atom. The minimum Gasteiger partial charge on any atom is -0.497 e. The van der Waals surface area contributed by atoms with Gasteiger partial charge in [-0.2, -0.15) is 0 Å². The average Bonchev–Trinajstić information content (AvgIpc) is 2.46. The fraction of sp³-hybridized carbons (Fsp3) is 0.600. The molecule has 1 N–H and O–H groups in total. The van der Waals surface area contributed by atoms with E-state index >= 15 is 0 Å². The lowest BCUT2D eigenvalue weighted by Crippen LogP contribution is -2.25. The van der Waals surface area contributed by atoms with Gasteiger partial charge in [-0.05, 0) is 69.1 Å². The van der Waals surface area contributed by atoms with Crippen molar-refractivity contribution in [1.82, 2.24) is 0 Å². The maximum atomic E-state index is 10.9. The Morgan fingerprint density at radius 1 is 1.23 bits per heavy atom. The number of benzene rings is 1. The minimum atomic E-state index is -0.799. The highest BCUT2D eigenvalue weighted by atomic mass is 16.5. The Morgan fingerprint density at radius 2 is 1.86 bits per heavy atom. The van der Waals surface area contributed by atoms with E-state index in [1.807, 2.05) is 31.2 Å². The van der Waals surface area contributed by atoms with Crippen LogP contribution in [0.3, 0.4) is 0 Å². The number of ether oxygens (including phenoxy) is 1. The topological polar surface area (TPSA) is 29.5 Å². The first-order valence-corrected chi connectivity index (χ1v) is 8.32. The standard InChI is InChI=1S/C20H30O2/c1-15-7-6-13-19(2,3)18(15)12-14-20(4,21)16-8-10-17(22-5)11-9-16/h8-11,21H,6-7,12-14H2,1-5H3. The molecule has 0 radical (unpaired) electrons. The molecule has 0 spiro atoms. The maximum Gasteiger partial charge on any atom is 0.118 e. The van der Waals surface area contributed by atoms with Gasteiger partial charge in [-0.3, -0.25) is 0 Å². The van der Waals surface area contributed by atoms with Crippen molar-refractivity contribution in [3.63, 3.8) is 0 Å². The van der Waals surface area contributed by atoms with Crippen molar-refractivity contribution in [2.24, 2.45) is 5.41 Å². The highest BCUT2D eigenvalue weighted by molar-refractivity contribution is 5.31. The van der Waals surface area contributed by atoms with E-state index in [-0.39, 0.29) is 5.41 Å². The summed E-state index contributed by atoms with van der Waals surface area (Å²) in [6.45, 7) is 8.86. The first-order chi connectivity index (χ1) is 10.3. The first kappa shape index (κ1) is 17.1. The Labute approximate surface area is 135 Å². The molecule has 0 aromatic heterocycles. The molecular weight excluding hydrogens is 272 g/mol. The van der Waals surface area contributed by atoms with Crippen LogP contribution in [-0.2, 0) is 5.60 Å². The Bertz CT molecular complexity index is 535. The molecule has 1 unspecified atom stereocenters. The summed E-state index contributed by atoms with van der Waals surface area (Å²) in [5.41, 5.74) is 3.51. The number of rotatable bonds is 5. The molecule has 0 aliphatic heterocycles. The molecule has 2 heteroatoms. The molecule has 0 heterocycles. The van der Waals surface area contributed by atoms with Gasteiger partial charge in [0, 0.05) is 0 Å². The van der Waals surface area contributed by atoms with Gasteiger partial charge >= 0.3 is 0 Å². The van der Waals surface area contributed by atoms with Crippen molar-refractivity contribution in [1.29, 1.82) is 0 Å². The smallest absolute Gasteiger partial charge is 0.118 e. The molecule has 1 aromatic carbocycles. The van der Waals surface area contributed by atoms with Crippen molar-refractivity contribution in [3.05, 3.63) is 41.0 Å². The normalized spacial score (nSPS) is 20.6. The fourth-order valence-electron chi connectivity index (χ4n) is 3.69. The Kier molecular flexibility index (Phi) is 5.01. The summed E-state index contributed by atoms with van der Waals surface area (Å²) in [5.74, 6) is 0.825. The van der Waals surface area contributed by atoms with E-state index in [2.05, 4.69) is 20.8 Å². The van der Waals surface area contributed by atoms with Gasteiger partial charge < -0.3 is 9.84 Å². The second-order valence-corrected chi connectivity index (χ2v) is 7.50. The predicted octanol–water partition coefficient (Wildman–Crippen LogP) is 5.21. The van der Waals surface area contributed by atoms with E-state index in [0.29, 0.717) is 0 Å². The van der Waals surface area contributed by atoms with Crippen LogP contribution in [-0.4, -0.2) is 12.2 Å². The molecule has 1 aliphatic rings. The van der Waals surface area contributed by atoms with Crippen LogP contribution >= 0.6 is 0 Å². The van der Waals surface area contributed by atoms with Gasteiger partial charge in [-0.25, -0.2) is 0 Å². The molecule has 22 heavy (non-hydrogen) atoms. The molecule has 2 nitrogen and oxygen atoms in total. The molecular formula is C20H30O2. The summed E-state index contributed by atoms with van der Waals surface area (Å²) in [5, 5.41) is 10.9. The zero-order valence-electron chi connectivity index (χ0n) is 14.7. The molecule has 2 rings (SSSR count). The lowest BCUT2D eigenvalue weighted by atomic mass is 9.70. The third kappa shape index (κ3) is 3.73. The molecule has 0 saturated heterocycles. The molecule has 0 bridgehead atoms.